The van der Waals surface area contributed by atoms with Crippen LogP contribution in [0.5, 0.6) is 0 Å². The number of piperazine rings is 1. The van der Waals surface area contributed by atoms with E-state index < -0.39 is 5.82 Å². The summed E-state index contributed by atoms with van der Waals surface area (Å²) in [5.74, 6) is -0.0841. The summed E-state index contributed by atoms with van der Waals surface area (Å²) >= 11 is 0. The number of anilines is 1. The molecule has 3 aromatic rings. The van der Waals surface area contributed by atoms with E-state index in [1.807, 2.05) is 23.2 Å². The number of benzene rings is 1. The molecule has 2 fully saturated rings. The molecule has 7 nitrogen and oxygen atoms in total. The number of rotatable bonds is 2. The molecular weight excluding hydrogens is 359 g/mol. The molecule has 0 saturated carbocycles. The average Bonchev–Trinajstić information content (AvgIpc) is 3.29. The highest BCUT2D eigenvalue weighted by Gasteiger charge is 2.43. The second-order valence-electron chi connectivity index (χ2n) is 7.25. The summed E-state index contributed by atoms with van der Waals surface area (Å²) in [4.78, 5) is 28.8. The van der Waals surface area contributed by atoms with E-state index in [9.17, 15) is 9.18 Å². The monoisotopic (exact) mass is 376 g/mol. The van der Waals surface area contributed by atoms with Crippen LogP contribution in [0.3, 0.4) is 0 Å². The van der Waals surface area contributed by atoms with Crippen molar-refractivity contribution in [3.8, 4) is 6.07 Å². The number of hydrogen-bond acceptors (Lipinski definition) is 5. The van der Waals surface area contributed by atoms with Gasteiger partial charge in [-0.15, -0.1) is 0 Å². The molecule has 2 bridgehead atoms. The SMILES string of the molecule is N#Cc1ccc(C(=O)N2C3CCC2CN(c2ncnc4[nH]ccc24)C3)c(F)c1. The Kier molecular flexibility index (Phi) is 3.76. The van der Waals surface area contributed by atoms with Crippen LogP contribution in [-0.4, -0.2) is 50.9 Å². The molecule has 8 heteroatoms. The molecule has 4 heterocycles. The fraction of sp³-hybridized carbons (Fsp3) is 0.300. The number of nitriles is 1. The van der Waals surface area contributed by atoms with Crippen molar-refractivity contribution < 1.29 is 9.18 Å². The van der Waals surface area contributed by atoms with E-state index >= 15 is 0 Å². The van der Waals surface area contributed by atoms with Gasteiger partial charge < -0.3 is 14.8 Å². The standard InChI is InChI=1S/C20H17FN6O/c21-17-7-12(8-22)1-4-15(17)20(28)27-13-2-3-14(27)10-26(9-13)19-16-5-6-23-18(16)24-11-25-19/h1,4-7,11,13-14H,2-3,9-10H2,(H,23,24,25). The lowest BCUT2D eigenvalue weighted by molar-refractivity contribution is 0.0636. The van der Waals surface area contributed by atoms with Crippen molar-refractivity contribution in [3.05, 3.63) is 53.7 Å². The second-order valence-corrected chi connectivity index (χ2v) is 7.25. The Morgan fingerprint density at radius 2 is 2.00 bits per heavy atom. The molecule has 2 aromatic heterocycles. The van der Waals surface area contributed by atoms with Crippen molar-refractivity contribution >= 4 is 22.8 Å². The highest BCUT2D eigenvalue weighted by Crippen LogP contribution is 2.35. The molecule has 0 radical (unpaired) electrons. The van der Waals surface area contributed by atoms with Crippen LogP contribution in [0.1, 0.15) is 28.8 Å². The van der Waals surface area contributed by atoms with Gasteiger partial charge in [0.15, 0.2) is 0 Å². The van der Waals surface area contributed by atoms with Crippen molar-refractivity contribution in [2.24, 2.45) is 0 Å². The number of nitrogens with one attached hydrogen (secondary N) is 1. The predicted octanol–water partition coefficient (Wildman–Crippen LogP) is 2.46. The molecule has 0 spiro atoms. The van der Waals surface area contributed by atoms with Crippen LogP contribution in [0.2, 0.25) is 0 Å². The number of nitrogens with zero attached hydrogens (tertiary/aromatic N) is 5. The Bertz CT molecular complexity index is 1110. The van der Waals surface area contributed by atoms with Crippen molar-refractivity contribution in [2.45, 2.75) is 24.9 Å². The van der Waals surface area contributed by atoms with Crippen LogP contribution < -0.4 is 4.90 Å². The summed E-state index contributed by atoms with van der Waals surface area (Å²) in [5.41, 5.74) is 1.02. The summed E-state index contributed by atoms with van der Waals surface area (Å²) in [6.07, 6.45) is 5.14. The third-order valence-corrected chi connectivity index (χ3v) is 5.68. The van der Waals surface area contributed by atoms with Crippen LogP contribution in [0.15, 0.2) is 36.8 Å². The van der Waals surface area contributed by atoms with Crippen molar-refractivity contribution in [2.75, 3.05) is 18.0 Å². The third kappa shape index (κ3) is 2.51. The summed E-state index contributed by atoms with van der Waals surface area (Å²) in [6.45, 7) is 1.30. The average molecular weight is 376 g/mol. The number of halogens is 1. The first kappa shape index (κ1) is 16.7. The first-order valence-corrected chi connectivity index (χ1v) is 9.21. The molecule has 2 aliphatic heterocycles. The van der Waals surface area contributed by atoms with Crippen LogP contribution in [0, 0.1) is 17.1 Å². The van der Waals surface area contributed by atoms with Gasteiger partial charge in [-0.2, -0.15) is 5.26 Å². The van der Waals surface area contributed by atoms with Gasteiger partial charge in [-0.05, 0) is 37.1 Å². The van der Waals surface area contributed by atoms with E-state index in [0.29, 0.717) is 13.1 Å². The third-order valence-electron chi connectivity index (χ3n) is 5.68. The maximum atomic E-state index is 14.4. The fourth-order valence-electron chi connectivity index (χ4n) is 4.42. The molecule has 2 atom stereocenters. The maximum absolute atomic E-state index is 14.4. The zero-order valence-corrected chi connectivity index (χ0v) is 15.0. The molecule has 2 unspecified atom stereocenters. The lowest BCUT2D eigenvalue weighted by Crippen LogP contribution is -2.56. The van der Waals surface area contributed by atoms with E-state index in [1.165, 1.54) is 12.1 Å². The first-order valence-electron chi connectivity index (χ1n) is 9.21. The predicted molar refractivity (Wildman–Crippen MR) is 100 cm³/mol. The van der Waals surface area contributed by atoms with Crippen LogP contribution in [0.25, 0.3) is 11.0 Å². The van der Waals surface area contributed by atoms with Gasteiger partial charge in [0, 0.05) is 19.3 Å². The molecule has 140 valence electrons. The van der Waals surface area contributed by atoms with Gasteiger partial charge >= 0.3 is 0 Å². The Labute approximate surface area is 160 Å². The summed E-state index contributed by atoms with van der Waals surface area (Å²) in [7, 11) is 0. The van der Waals surface area contributed by atoms with Crippen molar-refractivity contribution in [3.63, 3.8) is 0 Å². The zero-order chi connectivity index (χ0) is 19.3. The molecule has 1 amide bonds. The van der Waals surface area contributed by atoms with Gasteiger partial charge in [0.05, 0.1) is 34.7 Å². The minimum atomic E-state index is -0.643. The van der Waals surface area contributed by atoms with Gasteiger partial charge in [0.25, 0.3) is 5.91 Å². The molecule has 1 aromatic carbocycles. The molecule has 0 aliphatic carbocycles. The molecule has 28 heavy (non-hydrogen) atoms. The number of amides is 1. The quantitative estimate of drug-likeness (QED) is 0.742. The Hall–Kier alpha value is -3.47. The van der Waals surface area contributed by atoms with Gasteiger partial charge in [-0.3, -0.25) is 4.79 Å². The minimum Gasteiger partial charge on any atom is -0.352 e. The summed E-state index contributed by atoms with van der Waals surface area (Å²) in [5, 5.41) is 9.86. The largest absolute Gasteiger partial charge is 0.352 e. The topological polar surface area (TPSA) is 88.9 Å². The van der Waals surface area contributed by atoms with E-state index in [4.69, 9.17) is 5.26 Å². The Morgan fingerprint density at radius 3 is 2.71 bits per heavy atom. The van der Waals surface area contributed by atoms with Gasteiger partial charge in [0.1, 0.15) is 23.6 Å². The van der Waals surface area contributed by atoms with Gasteiger partial charge in [-0.1, -0.05) is 0 Å². The second kappa shape index (κ2) is 6.30. The number of carbonyl (C=O) groups excluding carboxylic acids is 1. The van der Waals surface area contributed by atoms with E-state index in [1.54, 1.807) is 6.33 Å². The van der Waals surface area contributed by atoms with Crippen LogP contribution in [-0.2, 0) is 0 Å². The summed E-state index contributed by atoms with van der Waals surface area (Å²) < 4.78 is 14.4. The molecular formula is C20H17FN6O. The van der Waals surface area contributed by atoms with Gasteiger partial charge in [-0.25, -0.2) is 14.4 Å². The number of fused-ring (bicyclic) bond motifs is 3. The van der Waals surface area contributed by atoms with Crippen molar-refractivity contribution in [1.82, 2.24) is 19.9 Å². The Morgan fingerprint density at radius 1 is 1.21 bits per heavy atom. The molecule has 2 aliphatic rings. The molecule has 2 saturated heterocycles. The smallest absolute Gasteiger partial charge is 0.257 e. The van der Waals surface area contributed by atoms with Crippen LogP contribution >= 0.6 is 0 Å². The number of hydrogen-bond donors (Lipinski definition) is 1. The minimum absolute atomic E-state index is 0.00486. The van der Waals surface area contributed by atoms with Crippen molar-refractivity contribution in [1.29, 1.82) is 5.26 Å². The number of aromatic nitrogens is 3. The lowest BCUT2D eigenvalue weighted by Gasteiger charge is -2.41. The van der Waals surface area contributed by atoms with E-state index in [-0.39, 0.29) is 29.1 Å². The van der Waals surface area contributed by atoms with Gasteiger partial charge in [0.2, 0.25) is 0 Å². The maximum Gasteiger partial charge on any atom is 0.257 e. The first-order chi connectivity index (χ1) is 13.7. The fourth-order valence-corrected chi connectivity index (χ4v) is 4.42. The zero-order valence-electron chi connectivity index (χ0n) is 15.0. The molecule has 1 N–H and O–H groups in total. The normalized spacial score (nSPS) is 21.1. The molecule has 5 rings (SSSR count). The highest BCUT2D eigenvalue weighted by molar-refractivity contribution is 5.95. The summed E-state index contributed by atoms with van der Waals surface area (Å²) in [6, 6.07) is 7.87. The number of H-pyrrole nitrogens is 1. The Balaban J connectivity index is 1.43. The lowest BCUT2D eigenvalue weighted by atomic mass is 10.1. The number of aromatic amines is 1. The highest BCUT2D eigenvalue weighted by atomic mass is 19.1. The van der Waals surface area contributed by atoms with E-state index in [0.717, 1.165) is 35.8 Å². The van der Waals surface area contributed by atoms with E-state index in [2.05, 4.69) is 19.9 Å². The van der Waals surface area contributed by atoms with Crippen LogP contribution in [0.4, 0.5) is 10.2 Å². The number of carbonyl (C=O) groups is 1.